The molecule has 5 nitrogen and oxygen atoms in total. The minimum atomic E-state index is -1.07. The quantitative estimate of drug-likeness (QED) is 0.705. The Morgan fingerprint density at radius 1 is 1.21 bits per heavy atom. The molecular formula is C14H19NO4. The molecule has 0 atom stereocenters. The first-order valence-corrected chi connectivity index (χ1v) is 6.36. The summed E-state index contributed by atoms with van der Waals surface area (Å²) >= 11 is 0. The fraction of sp³-hybridized carbons (Fsp3) is 0.429. The molecule has 1 aromatic rings. The Labute approximate surface area is 112 Å². The van der Waals surface area contributed by atoms with Gasteiger partial charge in [-0.05, 0) is 30.7 Å². The number of carboxylic acids is 1. The van der Waals surface area contributed by atoms with Crippen LogP contribution in [-0.2, 0) is 4.79 Å². The monoisotopic (exact) mass is 265 g/mol. The lowest BCUT2D eigenvalue weighted by Crippen LogP contribution is -2.29. The van der Waals surface area contributed by atoms with Gasteiger partial charge in [0, 0.05) is 5.56 Å². The summed E-state index contributed by atoms with van der Waals surface area (Å²) in [6.45, 7) is 2.41. The number of carbonyl (C=O) groups is 2. The average molecular weight is 265 g/mol. The number of amides is 1. The number of unbranched alkanes of at least 4 members (excludes halogenated alkanes) is 2. The fourth-order valence-electron chi connectivity index (χ4n) is 1.50. The van der Waals surface area contributed by atoms with Crippen LogP contribution in [0, 0.1) is 0 Å². The second-order valence-electron chi connectivity index (χ2n) is 4.16. The molecule has 1 amide bonds. The molecule has 1 aromatic carbocycles. The van der Waals surface area contributed by atoms with Crippen LogP contribution in [0.15, 0.2) is 24.3 Å². The topological polar surface area (TPSA) is 75.6 Å². The highest BCUT2D eigenvalue weighted by Gasteiger charge is 2.06. The van der Waals surface area contributed by atoms with Gasteiger partial charge < -0.3 is 15.2 Å². The van der Waals surface area contributed by atoms with Gasteiger partial charge in [0.15, 0.2) is 0 Å². The zero-order valence-electron chi connectivity index (χ0n) is 11.0. The van der Waals surface area contributed by atoms with Crippen molar-refractivity contribution in [2.24, 2.45) is 0 Å². The van der Waals surface area contributed by atoms with E-state index in [0.717, 1.165) is 19.3 Å². The highest BCUT2D eigenvalue weighted by molar-refractivity contribution is 5.95. The van der Waals surface area contributed by atoms with Gasteiger partial charge in [-0.15, -0.1) is 0 Å². The van der Waals surface area contributed by atoms with Crippen molar-refractivity contribution in [2.45, 2.75) is 26.2 Å². The van der Waals surface area contributed by atoms with Crippen LogP contribution in [-0.4, -0.2) is 30.1 Å². The van der Waals surface area contributed by atoms with Crippen molar-refractivity contribution in [3.8, 4) is 5.75 Å². The summed E-state index contributed by atoms with van der Waals surface area (Å²) in [5.41, 5.74) is 0.419. The molecule has 0 heterocycles. The Bertz CT molecular complexity index is 414. The average Bonchev–Trinajstić information content (AvgIpc) is 2.41. The Morgan fingerprint density at radius 2 is 1.89 bits per heavy atom. The van der Waals surface area contributed by atoms with Gasteiger partial charge in [-0.2, -0.15) is 0 Å². The molecule has 0 aliphatic rings. The van der Waals surface area contributed by atoms with Crippen LogP contribution < -0.4 is 10.1 Å². The van der Waals surface area contributed by atoms with Gasteiger partial charge in [-0.1, -0.05) is 19.8 Å². The molecule has 19 heavy (non-hydrogen) atoms. The van der Waals surface area contributed by atoms with Gasteiger partial charge in [0.1, 0.15) is 12.3 Å². The van der Waals surface area contributed by atoms with Crippen molar-refractivity contribution in [1.82, 2.24) is 5.32 Å². The number of carboxylic acid groups (broad SMARTS) is 1. The molecule has 0 saturated heterocycles. The van der Waals surface area contributed by atoms with Crippen molar-refractivity contribution in [2.75, 3.05) is 13.2 Å². The number of aliphatic carboxylic acids is 1. The maximum absolute atomic E-state index is 11.5. The summed E-state index contributed by atoms with van der Waals surface area (Å²) in [4.78, 5) is 21.9. The van der Waals surface area contributed by atoms with E-state index >= 15 is 0 Å². The maximum Gasteiger partial charge on any atom is 0.322 e. The van der Waals surface area contributed by atoms with E-state index in [1.807, 2.05) is 0 Å². The van der Waals surface area contributed by atoms with Crippen molar-refractivity contribution in [3.63, 3.8) is 0 Å². The number of rotatable bonds is 8. The number of benzene rings is 1. The SMILES string of the molecule is CCCCCOc1ccc(C(=O)NCC(=O)O)cc1. The van der Waals surface area contributed by atoms with E-state index in [0.29, 0.717) is 17.9 Å². The van der Waals surface area contributed by atoms with E-state index in [1.54, 1.807) is 24.3 Å². The molecule has 1 rings (SSSR count). The van der Waals surface area contributed by atoms with Gasteiger partial charge in [0.2, 0.25) is 0 Å². The zero-order chi connectivity index (χ0) is 14.1. The minimum Gasteiger partial charge on any atom is -0.494 e. The lowest BCUT2D eigenvalue weighted by Gasteiger charge is -2.07. The predicted octanol–water partition coefficient (Wildman–Crippen LogP) is 2.07. The Kier molecular flexibility index (Phi) is 6.43. The molecule has 104 valence electrons. The van der Waals surface area contributed by atoms with Crippen LogP contribution in [0.2, 0.25) is 0 Å². The summed E-state index contributed by atoms with van der Waals surface area (Å²) < 4.78 is 5.52. The Hall–Kier alpha value is -2.04. The number of ether oxygens (including phenoxy) is 1. The molecule has 0 bridgehead atoms. The molecule has 0 aliphatic carbocycles. The van der Waals surface area contributed by atoms with Crippen LogP contribution >= 0.6 is 0 Å². The molecule has 2 N–H and O–H groups in total. The van der Waals surface area contributed by atoms with Crippen LogP contribution in [0.5, 0.6) is 5.75 Å². The summed E-state index contributed by atoms with van der Waals surface area (Å²) in [6.07, 6.45) is 3.29. The highest BCUT2D eigenvalue weighted by atomic mass is 16.5. The highest BCUT2D eigenvalue weighted by Crippen LogP contribution is 2.12. The van der Waals surface area contributed by atoms with E-state index in [1.165, 1.54) is 0 Å². The molecule has 0 spiro atoms. The van der Waals surface area contributed by atoms with E-state index in [4.69, 9.17) is 9.84 Å². The maximum atomic E-state index is 11.5. The Balaban J connectivity index is 2.42. The normalized spacial score (nSPS) is 9.95. The van der Waals surface area contributed by atoms with E-state index in [2.05, 4.69) is 12.2 Å². The van der Waals surface area contributed by atoms with Crippen LogP contribution in [0.4, 0.5) is 0 Å². The molecule has 5 heteroatoms. The summed E-state index contributed by atoms with van der Waals surface area (Å²) in [5.74, 6) is -0.755. The lowest BCUT2D eigenvalue weighted by molar-refractivity contribution is -0.135. The smallest absolute Gasteiger partial charge is 0.322 e. The van der Waals surface area contributed by atoms with Gasteiger partial charge in [-0.3, -0.25) is 9.59 Å². The zero-order valence-corrected chi connectivity index (χ0v) is 11.0. The molecule has 0 fully saturated rings. The van der Waals surface area contributed by atoms with Crippen LogP contribution in [0.3, 0.4) is 0 Å². The first-order valence-electron chi connectivity index (χ1n) is 6.36. The predicted molar refractivity (Wildman–Crippen MR) is 71.4 cm³/mol. The molecular weight excluding hydrogens is 246 g/mol. The van der Waals surface area contributed by atoms with Crippen molar-refractivity contribution in [1.29, 1.82) is 0 Å². The standard InChI is InChI=1S/C14H19NO4/c1-2-3-4-9-19-12-7-5-11(6-8-12)14(18)15-10-13(16)17/h5-8H,2-4,9-10H2,1H3,(H,15,18)(H,16,17). The molecule has 0 radical (unpaired) electrons. The number of nitrogens with one attached hydrogen (secondary N) is 1. The second-order valence-corrected chi connectivity index (χ2v) is 4.16. The largest absolute Gasteiger partial charge is 0.494 e. The van der Waals surface area contributed by atoms with Crippen molar-refractivity contribution >= 4 is 11.9 Å². The van der Waals surface area contributed by atoms with Gasteiger partial charge in [0.05, 0.1) is 6.61 Å². The van der Waals surface area contributed by atoms with E-state index in [9.17, 15) is 9.59 Å². The Morgan fingerprint density at radius 3 is 2.47 bits per heavy atom. The van der Waals surface area contributed by atoms with Gasteiger partial charge in [-0.25, -0.2) is 0 Å². The number of hydrogen-bond donors (Lipinski definition) is 2. The summed E-state index contributed by atoms with van der Waals surface area (Å²) in [7, 11) is 0. The number of hydrogen-bond acceptors (Lipinski definition) is 3. The van der Waals surface area contributed by atoms with Crippen molar-refractivity contribution in [3.05, 3.63) is 29.8 Å². The molecule has 0 saturated carbocycles. The molecule has 0 unspecified atom stereocenters. The minimum absolute atomic E-state index is 0.381. The first-order chi connectivity index (χ1) is 9.13. The third kappa shape index (κ3) is 5.90. The van der Waals surface area contributed by atoms with Crippen LogP contribution in [0.1, 0.15) is 36.5 Å². The fourth-order valence-corrected chi connectivity index (χ4v) is 1.50. The summed E-state index contributed by atoms with van der Waals surface area (Å²) in [6, 6.07) is 6.65. The summed E-state index contributed by atoms with van der Waals surface area (Å²) in [5, 5.41) is 10.8. The third-order valence-electron chi connectivity index (χ3n) is 2.53. The van der Waals surface area contributed by atoms with Gasteiger partial charge >= 0.3 is 5.97 Å². The molecule has 0 aromatic heterocycles. The van der Waals surface area contributed by atoms with E-state index in [-0.39, 0.29) is 6.54 Å². The third-order valence-corrected chi connectivity index (χ3v) is 2.53. The molecule has 0 aliphatic heterocycles. The number of carbonyl (C=O) groups excluding carboxylic acids is 1. The first kappa shape index (κ1) is 15.0. The second kappa shape index (κ2) is 8.13. The van der Waals surface area contributed by atoms with Crippen LogP contribution in [0.25, 0.3) is 0 Å². The van der Waals surface area contributed by atoms with Crippen molar-refractivity contribution < 1.29 is 19.4 Å². The van der Waals surface area contributed by atoms with E-state index < -0.39 is 11.9 Å². The van der Waals surface area contributed by atoms with Gasteiger partial charge in [0.25, 0.3) is 5.91 Å². The lowest BCUT2D eigenvalue weighted by atomic mass is 10.2.